The summed E-state index contributed by atoms with van der Waals surface area (Å²) in [4.78, 5) is 23.0. The summed E-state index contributed by atoms with van der Waals surface area (Å²) in [5.74, 6) is -2.85. The Morgan fingerprint density at radius 3 is 2.44 bits per heavy atom. The zero-order valence-corrected chi connectivity index (χ0v) is 9.76. The Labute approximate surface area is 100.0 Å². The number of aromatic nitrogens is 2. The van der Waals surface area contributed by atoms with Crippen molar-refractivity contribution in [1.82, 2.24) is 9.78 Å². The van der Waals surface area contributed by atoms with Gasteiger partial charge in [-0.15, -0.1) is 0 Å². The second-order valence-electron chi connectivity index (χ2n) is 4.51. The molecule has 1 aliphatic rings. The van der Waals surface area contributed by atoms with Crippen LogP contribution in [0.2, 0.25) is 0 Å². The number of H-pyrrole nitrogens is 1. The molecule has 0 bridgehead atoms. The quantitative estimate of drug-likeness (QED) is 0.810. The molecule has 1 atom stereocenters. The van der Waals surface area contributed by atoms with Gasteiger partial charge in [-0.1, -0.05) is 0 Å². The fourth-order valence-corrected chi connectivity index (χ4v) is 2.05. The fourth-order valence-electron chi connectivity index (χ4n) is 2.05. The Morgan fingerprint density at radius 1 is 1.33 bits per heavy atom. The predicted molar refractivity (Wildman–Crippen MR) is 57.5 cm³/mol. The van der Waals surface area contributed by atoms with Crippen molar-refractivity contribution in [3.8, 4) is 0 Å². The molecular weight excluding hydrogens is 251 g/mol. The number of carbonyl (C=O) groups is 1. The Bertz CT molecular complexity index is 542. The first-order valence-electron chi connectivity index (χ1n) is 5.42. The lowest BCUT2D eigenvalue weighted by Crippen LogP contribution is -2.34. The molecule has 0 aliphatic carbocycles. The Hall–Kier alpha value is -1.73. The van der Waals surface area contributed by atoms with E-state index in [0.29, 0.717) is 0 Å². The molecule has 1 aromatic rings. The standard InChI is InChI=1S/C10H12F3N3O2/c1-4(2)16-8-7(9(18)15-16)5(10(11,12)13)3-6(17)14-8/h4-5H,3H2,1-2H3,(H,14,17)(H,15,18)/t5-/m0/s1. The number of alkyl halides is 3. The summed E-state index contributed by atoms with van der Waals surface area (Å²) < 4.78 is 39.8. The molecular formula is C10H12F3N3O2. The lowest BCUT2D eigenvalue weighted by atomic mass is 9.93. The average Bonchev–Trinajstić information content (AvgIpc) is 2.53. The largest absolute Gasteiger partial charge is 0.396 e. The van der Waals surface area contributed by atoms with Gasteiger partial charge < -0.3 is 5.32 Å². The average molecular weight is 263 g/mol. The highest BCUT2D eigenvalue weighted by molar-refractivity contribution is 5.93. The molecule has 1 aromatic heterocycles. The minimum Gasteiger partial charge on any atom is -0.311 e. The molecule has 0 aromatic carbocycles. The lowest BCUT2D eigenvalue weighted by Gasteiger charge is -2.25. The Balaban J connectivity index is 2.63. The normalized spacial score (nSPS) is 19.9. The number of aromatic amines is 1. The van der Waals surface area contributed by atoms with Gasteiger partial charge in [0, 0.05) is 12.5 Å². The van der Waals surface area contributed by atoms with E-state index < -0.39 is 35.5 Å². The first-order valence-corrected chi connectivity index (χ1v) is 5.42. The van der Waals surface area contributed by atoms with E-state index in [0.717, 1.165) is 0 Å². The van der Waals surface area contributed by atoms with Gasteiger partial charge >= 0.3 is 6.18 Å². The minimum absolute atomic E-state index is 0.0754. The maximum Gasteiger partial charge on any atom is 0.396 e. The number of fused-ring (bicyclic) bond motifs is 1. The van der Waals surface area contributed by atoms with Crippen LogP contribution in [-0.2, 0) is 4.79 Å². The highest BCUT2D eigenvalue weighted by atomic mass is 19.4. The van der Waals surface area contributed by atoms with Crippen LogP contribution in [-0.4, -0.2) is 21.9 Å². The number of halogens is 3. The molecule has 1 amide bonds. The van der Waals surface area contributed by atoms with E-state index in [1.165, 1.54) is 4.68 Å². The van der Waals surface area contributed by atoms with Crippen LogP contribution >= 0.6 is 0 Å². The van der Waals surface area contributed by atoms with Crippen LogP contribution in [0.15, 0.2) is 4.79 Å². The number of carbonyl (C=O) groups excluding carboxylic acids is 1. The monoisotopic (exact) mass is 263 g/mol. The number of hydrogen-bond acceptors (Lipinski definition) is 2. The van der Waals surface area contributed by atoms with Crippen molar-refractivity contribution < 1.29 is 18.0 Å². The molecule has 2 heterocycles. The van der Waals surface area contributed by atoms with Crippen molar-refractivity contribution in [2.75, 3.05) is 5.32 Å². The summed E-state index contributed by atoms with van der Waals surface area (Å²) in [6, 6.07) is -0.256. The highest BCUT2D eigenvalue weighted by Gasteiger charge is 2.48. The zero-order valence-electron chi connectivity index (χ0n) is 9.76. The summed E-state index contributed by atoms with van der Waals surface area (Å²) in [6.45, 7) is 3.39. The molecule has 2 N–H and O–H groups in total. The smallest absolute Gasteiger partial charge is 0.311 e. The van der Waals surface area contributed by atoms with Crippen molar-refractivity contribution >= 4 is 11.7 Å². The van der Waals surface area contributed by atoms with Gasteiger partial charge in [0.05, 0.1) is 11.5 Å². The molecule has 1 aliphatic heterocycles. The topological polar surface area (TPSA) is 66.9 Å². The van der Waals surface area contributed by atoms with Gasteiger partial charge in [0.1, 0.15) is 5.82 Å². The van der Waals surface area contributed by atoms with Crippen LogP contribution in [0, 0.1) is 0 Å². The van der Waals surface area contributed by atoms with Gasteiger partial charge in [-0.3, -0.25) is 19.4 Å². The van der Waals surface area contributed by atoms with Gasteiger partial charge in [0.15, 0.2) is 0 Å². The van der Waals surface area contributed by atoms with Crippen molar-refractivity contribution in [1.29, 1.82) is 0 Å². The maximum absolute atomic E-state index is 12.8. The first kappa shape index (κ1) is 12.7. The number of anilines is 1. The third-order valence-electron chi connectivity index (χ3n) is 2.87. The van der Waals surface area contributed by atoms with Crippen molar-refractivity contribution in [3.05, 3.63) is 15.9 Å². The van der Waals surface area contributed by atoms with Crippen LogP contribution < -0.4 is 10.9 Å². The third-order valence-corrected chi connectivity index (χ3v) is 2.87. The van der Waals surface area contributed by atoms with E-state index in [4.69, 9.17) is 0 Å². The molecule has 18 heavy (non-hydrogen) atoms. The van der Waals surface area contributed by atoms with E-state index in [9.17, 15) is 22.8 Å². The van der Waals surface area contributed by atoms with Crippen LogP contribution in [0.25, 0.3) is 0 Å². The Morgan fingerprint density at radius 2 is 1.94 bits per heavy atom. The van der Waals surface area contributed by atoms with E-state index >= 15 is 0 Å². The van der Waals surface area contributed by atoms with Gasteiger partial charge in [-0.25, -0.2) is 0 Å². The summed E-state index contributed by atoms with van der Waals surface area (Å²) >= 11 is 0. The number of nitrogens with zero attached hydrogens (tertiary/aromatic N) is 1. The maximum atomic E-state index is 12.8. The zero-order chi connectivity index (χ0) is 13.7. The van der Waals surface area contributed by atoms with E-state index in [2.05, 4.69) is 10.4 Å². The molecule has 5 nitrogen and oxygen atoms in total. The van der Waals surface area contributed by atoms with Crippen molar-refractivity contribution in [3.63, 3.8) is 0 Å². The fraction of sp³-hybridized carbons (Fsp3) is 0.600. The predicted octanol–water partition coefficient (Wildman–Crippen LogP) is 1.75. The van der Waals surface area contributed by atoms with Crippen LogP contribution in [0.1, 0.15) is 37.8 Å². The SMILES string of the molecule is CC(C)n1[nH]c(=O)c2c1NC(=O)C[C@@H]2C(F)(F)F. The van der Waals surface area contributed by atoms with E-state index in [-0.39, 0.29) is 11.9 Å². The number of amides is 1. The molecule has 0 unspecified atom stereocenters. The molecule has 2 rings (SSSR count). The number of nitrogens with one attached hydrogen (secondary N) is 2. The second kappa shape index (κ2) is 3.89. The summed E-state index contributed by atoms with van der Waals surface area (Å²) in [5.41, 5.74) is -1.21. The van der Waals surface area contributed by atoms with Crippen LogP contribution in [0.3, 0.4) is 0 Å². The van der Waals surface area contributed by atoms with Gasteiger partial charge in [-0.2, -0.15) is 13.2 Å². The number of rotatable bonds is 1. The summed E-state index contributed by atoms with van der Waals surface area (Å²) in [5, 5.41) is 4.65. The van der Waals surface area contributed by atoms with E-state index in [1.54, 1.807) is 13.8 Å². The van der Waals surface area contributed by atoms with Crippen LogP contribution in [0.4, 0.5) is 19.0 Å². The molecule has 8 heteroatoms. The molecule has 0 radical (unpaired) electrons. The molecule has 0 fully saturated rings. The van der Waals surface area contributed by atoms with Crippen molar-refractivity contribution in [2.45, 2.75) is 38.4 Å². The molecule has 100 valence electrons. The van der Waals surface area contributed by atoms with Gasteiger partial charge in [0.25, 0.3) is 5.56 Å². The summed E-state index contributed by atoms with van der Waals surface area (Å²) in [6.07, 6.45) is -5.36. The molecule has 0 saturated carbocycles. The molecule has 0 saturated heterocycles. The highest BCUT2D eigenvalue weighted by Crippen LogP contribution is 2.41. The van der Waals surface area contributed by atoms with E-state index in [1.807, 2.05) is 0 Å². The van der Waals surface area contributed by atoms with Gasteiger partial charge in [-0.05, 0) is 13.8 Å². The van der Waals surface area contributed by atoms with Crippen molar-refractivity contribution in [2.24, 2.45) is 0 Å². The van der Waals surface area contributed by atoms with Gasteiger partial charge in [0.2, 0.25) is 5.91 Å². The Kier molecular flexibility index (Phi) is 2.75. The van der Waals surface area contributed by atoms with Crippen LogP contribution in [0.5, 0.6) is 0 Å². The molecule has 0 spiro atoms. The number of hydrogen-bond donors (Lipinski definition) is 2. The lowest BCUT2D eigenvalue weighted by molar-refractivity contribution is -0.157. The minimum atomic E-state index is -4.61. The third kappa shape index (κ3) is 1.91. The second-order valence-corrected chi connectivity index (χ2v) is 4.51. The summed E-state index contributed by atoms with van der Waals surface area (Å²) in [7, 11) is 0. The first-order chi connectivity index (χ1) is 8.21.